The van der Waals surface area contributed by atoms with Gasteiger partial charge in [-0.3, -0.25) is 4.79 Å². The van der Waals surface area contributed by atoms with Crippen LogP contribution in [0.15, 0.2) is 48.5 Å². The van der Waals surface area contributed by atoms with Crippen molar-refractivity contribution in [1.82, 2.24) is 5.32 Å². The lowest BCUT2D eigenvalue weighted by Crippen LogP contribution is -2.31. The third kappa shape index (κ3) is 4.34. The summed E-state index contributed by atoms with van der Waals surface area (Å²) in [5.74, 6) is -0.199. The Morgan fingerprint density at radius 3 is 2.69 bits per heavy atom. The normalized spacial score (nSPS) is 17.2. The summed E-state index contributed by atoms with van der Waals surface area (Å²) in [5.41, 5.74) is 3.95. The molecule has 1 N–H and O–H groups in total. The highest BCUT2D eigenvalue weighted by atomic mass is 19.4. The molecule has 3 rings (SSSR count). The minimum absolute atomic E-state index is 0.0309. The maximum absolute atomic E-state index is 12.7. The van der Waals surface area contributed by atoms with Gasteiger partial charge in [-0.05, 0) is 54.5 Å². The van der Waals surface area contributed by atoms with Gasteiger partial charge in [0.15, 0.2) is 0 Å². The first-order chi connectivity index (χ1) is 12.3. The largest absolute Gasteiger partial charge is 0.409 e. The first-order valence-corrected chi connectivity index (χ1v) is 8.59. The van der Waals surface area contributed by atoms with Gasteiger partial charge in [-0.25, -0.2) is 0 Å². The number of hydrogen-bond donors (Lipinski definition) is 1. The third-order valence-corrected chi connectivity index (χ3v) is 4.63. The molecular formula is C21H20F3NO. The van der Waals surface area contributed by atoms with Gasteiger partial charge in [-0.1, -0.05) is 42.5 Å². The second-order valence-electron chi connectivity index (χ2n) is 6.57. The van der Waals surface area contributed by atoms with Crippen molar-refractivity contribution in [2.45, 2.75) is 38.4 Å². The lowest BCUT2D eigenvalue weighted by molar-refractivity contribution is -0.0790. The summed E-state index contributed by atoms with van der Waals surface area (Å²) >= 11 is 0. The van der Waals surface area contributed by atoms with Crippen molar-refractivity contribution < 1.29 is 18.0 Å². The molecule has 0 radical (unpaired) electrons. The topological polar surface area (TPSA) is 29.1 Å². The molecule has 0 heterocycles. The summed E-state index contributed by atoms with van der Waals surface area (Å²) in [7, 11) is 0. The molecule has 0 bridgehead atoms. The van der Waals surface area contributed by atoms with E-state index in [1.807, 2.05) is 18.2 Å². The van der Waals surface area contributed by atoms with Crippen LogP contribution in [0, 0.1) is 6.92 Å². The molecule has 26 heavy (non-hydrogen) atoms. The van der Waals surface area contributed by atoms with Crippen LogP contribution in [0.25, 0.3) is 6.08 Å². The standard InChI is InChI=1S/C21H20F3NO/c1-14-13-15(11-12-21(22,23)24)9-10-17(14)20(26)25-19-8-4-6-16-5-2-3-7-18(16)19/h2-3,5,7,9-13,19H,4,6,8H2,1H3,(H,25,26). The van der Waals surface area contributed by atoms with Gasteiger partial charge in [0.2, 0.25) is 0 Å². The van der Waals surface area contributed by atoms with Crippen molar-refractivity contribution in [3.8, 4) is 0 Å². The third-order valence-electron chi connectivity index (χ3n) is 4.63. The van der Waals surface area contributed by atoms with Gasteiger partial charge in [0.25, 0.3) is 5.91 Å². The number of rotatable bonds is 3. The Hall–Kier alpha value is -2.56. The zero-order chi connectivity index (χ0) is 18.7. The Morgan fingerprint density at radius 2 is 1.96 bits per heavy atom. The first kappa shape index (κ1) is 18.2. The Labute approximate surface area is 150 Å². The molecule has 0 saturated carbocycles. The van der Waals surface area contributed by atoms with Gasteiger partial charge < -0.3 is 5.32 Å². The number of allylic oxidation sites excluding steroid dienone is 1. The van der Waals surface area contributed by atoms with Crippen LogP contribution in [0.1, 0.15) is 51.5 Å². The number of carbonyl (C=O) groups is 1. The van der Waals surface area contributed by atoms with Crippen LogP contribution >= 0.6 is 0 Å². The predicted octanol–water partition coefficient (Wildman–Crippen LogP) is 5.38. The fourth-order valence-corrected chi connectivity index (χ4v) is 3.38. The highest BCUT2D eigenvalue weighted by Gasteiger charge is 2.23. The number of benzene rings is 2. The Balaban J connectivity index is 1.76. The van der Waals surface area contributed by atoms with E-state index in [9.17, 15) is 18.0 Å². The Bertz CT molecular complexity index is 839. The smallest absolute Gasteiger partial charge is 0.345 e. The molecule has 2 aromatic rings. The van der Waals surface area contributed by atoms with Crippen LogP contribution < -0.4 is 5.32 Å². The number of hydrogen-bond acceptors (Lipinski definition) is 1. The molecule has 1 aliphatic rings. The van der Waals surface area contributed by atoms with Gasteiger partial charge in [-0.15, -0.1) is 0 Å². The number of aryl methyl sites for hydroxylation is 2. The lowest BCUT2D eigenvalue weighted by atomic mass is 9.87. The minimum Gasteiger partial charge on any atom is -0.345 e. The average molecular weight is 359 g/mol. The fraction of sp³-hybridized carbons (Fsp3) is 0.286. The van der Waals surface area contributed by atoms with Crippen LogP contribution in [0.5, 0.6) is 0 Å². The van der Waals surface area contributed by atoms with Gasteiger partial charge in [0.1, 0.15) is 0 Å². The van der Waals surface area contributed by atoms with E-state index in [-0.39, 0.29) is 18.0 Å². The van der Waals surface area contributed by atoms with Crippen molar-refractivity contribution in [2.24, 2.45) is 0 Å². The SMILES string of the molecule is Cc1cc(C=CC(F)(F)F)ccc1C(=O)NC1CCCc2ccccc21. The molecular weight excluding hydrogens is 339 g/mol. The van der Waals surface area contributed by atoms with Crippen molar-refractivity contribution >= 4 is 12.0 Å². The highest BCUT2D eigenvalue weighted by molar-refractivity contribution is 5.96. The molecule has 1 atom stereocenters. The van der Waals surface area contributed by atoms with Crippen molar-refractivity contribution in [3.63, 3.8) is 0 Å². The van der Waals surface area contributed by atoms with Crippen LogP contribution in [0.2, 0.25) is 0 Å². The first-order valence-electron chi connectivity index (χ1n) is 8.59. The zero-order valence-corrected chi connectivity index (χ0v) is 14.4. The maximum atomic E-state index is 12.7. The molecule has 5 heteroatoms. The fourth-order valence-electron chi connectivity index (χ4n) is 3.38. The second kappa shape index (κ2) is 7.36. The number of nitrogens with one attached hydrogen (secondary N) is 1. The lowest BCUT2D eigenvalue weighted by Gasteiger charge is -2.26. The van der Waals surface area contributed by atoms with Crippen LogP contribution in [-0.4, -0.2) is 12.1 Å². The number of carbonyl (C=O) groups excluding carboxylic acids is 1. The van der Waals surface area contributed by atoms with Gasteiger partial charge in [0, 0.05) is 11.6 Å². The number of fused-ring (bicyclic) bond motifs is 1. The van der Waals surface area contributed by atoms with E-state index < -0.39 is 6.18 Å². The summed E-state index contributed by atoms with van der Waals surface area (Å²) in [6.07, 6.45) is -0.233. The molecule has 136 valence electrons. The molecule has 0 saturated heterocycles. The molecule has 0 aliphatic heterocycles. The Morgan fingerprint density at radius 1 is 1.19 bits per heavy atom. The molecule has 0 spiro atoms. The molecule has 1 unspecified atom stereocenters. The van der Waals surface area contributed by atoms with E-state index >= 15 is 0 Å². The molecule has 0 fully saturated rings. The van der Waals surface area contributed by atoms with Crippen molar-refractivity contribution in [1.29, 1.82) is 0 Å². The van der Waals surface area contributed by atoms with Crippen molar-refractivity contribution in [2.75, 3.05) is 0 Å². The van der Waals surface area contributed by atoms with E-state index in [2.05, 4.69) is 11.4 Å². The zero-order valence-electron chi connectivity index (χ0n) is 14.4. The van der Waals surface area contributed by atoms with Crippen LogP contribution in [0.4, 0.5) is 13.2 Å². The predicted molar refractivity (Wildman–Crippen MR) is 95.9 cm³/mol. The number of alkyl halides is 3. The van der Waals surface area contributed by atoms with Gasteiger partial charge >= 0.3 is 6.18 Å². The molecule has 0 aromatic heterocycles. The molecule has 1 aliphatic carbocycles. The van der Waals surface area contributed by atoms with Gasteiger partial charge in [-0.2, -0.15) is 13.2 Å². The van der Waals surface area contributed by atoms with Gasteiger partial charge in [0.05, 0.1) is 6.04 Å². The van der Waals surface area contributed by atoms with E-state index in [1.165, 1.54) is 11.6 Å². The quantitative estimate of drug-likeness (QED) is 0.783. The summed E-state index contributed by atoms with van der Waals surface area (Å²) in [4.78, 5) is 12.7. The monoisotopic (exact) mass is 359 g/mol. The molecule has 1 amide bonds. The van der Waals surface area contributed by atoms with E-state index in [0.717, 1.165) is 30.9 Å². The Kier molecular flexibility index (Phi) is 5.16. The average Bonchev–Trinajstić information content (AvgIpc) is 2.59. The van der Waals surface area contributed by atoms with Crippen LogP contribution in [-0.2, 0) is 6.42 Å². The summed E-state index contributed by atoms with van der Waals surface area (Å²) in [6, 6.07) is 12.8. The number of amides is 1. The summed E-state index contributed by atoms with van der Waals surface area (Å²) in [6.45, 7) is 1.73. The van der Waals surface area contributed by atoms with E-state index in [1.54, 1.807) is 19.1 Å². The van der Waals surface area contributed by atoms with E-state index in [4.69, 9.17) is 0 Å². The second-order valence-corrected chi connectivity index (χ2v) is 6.57. The maximum Gasteiger partial charge on any atom is 0.409 e. The summed E-state index contributed by atoms with van der Waals surface area (Å²) < 4.78 is 36.8. The highest BCUT2D eigenvalue weighted by Crippen LogP contribution is 2.30. The van der Waals surface area contributed by atoms with E-state index in [0.29, 0.717) is 16.7 Å². The number of halogens is 3. The molecule has 2 aromatic carbocycles. The minimum atomic E-state index is -4.35. The molecule has 2 nitrogen and oxygen atoms in total. The summed E-state index contributed by atoms with van der Waals surface area (Å²) in [5, 5.41) is 3.07. The van der Waals surface area contributed by atoms with Crippen molar-refractivity contribution in [3.05, 3.63) is 76.4 Å². The van der Waals surface area contributed by atoms with Crippen LogP contribution in [0.3, 0.4) is 0 Å².